The maximum absolute atomic E-state index is 10.6. The van der Waals surface area contributed by atoms with Crippen LogP contribution in [0.25, 0.3) is 0 Å². The standard InChI is InChI=1S/C8H8OS.C5H10S/c1-7(9)10-8-5-3-2-4-6-8;1-5-2-3-6-4-5/h2-6H,1H3;5H,2-4H2,1H3. The number of rotatable bonds is 1. The molecule has 0 spiro atoms. The molecule has 1 aliphatic rings. The van der Waals surface area contributed by atoms with E-state index in [0.717, 1.165) is 10.8 Å². The Labute approximate surface area is 106 Å². The van der Waals surface area contributed by atoms with Gasteiger partial charge in [0.1, 0.15) is 0 Å². The molecule has 16 heavy (non-hydrogen) atoms. The van der Waals surface area contributed by atoms with Gasteiger partial charge in [0.2, 0.25) is 0 Å². The van der Waals surface area contributed by atoms with Crippen molar-refractivity contribution in [1.29, 1.82) is 0 Å². The first-order valence-electron chi connectivity index (χ1n) is 5.49. The average Bonchev–Trinajstić information content (AvgIpc) is 2.71. The summed E-state index contributed by atoms with van der Waals surface area (Å²) < 4.78 is 0. The molecule has 1 saturated heterocycles. The molecule has 1 aromatic rings. The van der Waals surface area contributed by atoms with Crippen LogP contribution in [0.3, 0.4) is 0 Å². The quantitative estimate of drug-likeness (QED) is 0.703. The molecule has 0 radical (unpaired) electrons. The summed E-state index contributed by atoms with van der Waals surface area (Å²) in [6, 6.07) is 9.62. The Balaban J connectivity index is 0.000000181. The molecule has 1 heterocycles. The van der Waals surface area contributed by atoms with Crippen LogP contribution in [0.4, 0.5) is 0 Å². The van der Waals surface area contributed by atoms with Crippen molar-refractivity contribution in [3.05, 3.63) is 30.3 Å². The summed E-state index contributed by atoms with van der Waals surface area (Å²) in [7, 11) is 0. The highest BCUT2D eigenvalue weighted by Gasteiger charge is 2.07. The molecule has 0 aliphatic carbocycles. The van der Waals surface area contributed by atoms with Gasteiger partial charge in [-0.05, 0) is 36.0 Å². The average molecular weight is 254 g/mol. The van der Waals surface area contributed by atoms with Crippen LogP contribution in [-0.2, 0) is 4.79 Å². The number of carbonyl (C=O) groups is 1. The number of carbonyl (C=O) groups excluding carboxylic acids is 1. The molecule has 0 aromatic heterocycles. The van der Waals surface area contributed by atoms with E-state index < -0.39 is 0 Å². The molecule has 0 N–H and O–H groups in total. The van der Waals surface area contributed by atoms with Gasteiger partial charge in [-0.2, -0.15) is 11.8 Å². The Kier molecular flexibility index (Phi) is 6.65. The molecule has 1 unspecified atom stereocenters. The van der Waals surface area contributed by atoms with Gasteiger partial charge in [0, 0.05) is 11.8 Å². The normalized spacial score (nSPS) is 18.8. The van der Waals surface area contributed by atoms with Crippen molar-refractivity contribution in [2.45, 2.75) is 25.2 Å². The zero-order valence-corrected chi connectivity index (χ0v) is 11.4. The highest BCUT2D eigenvalue weighted by molar-refractivity contribution is 8.13. The maximum Gasteiger partial charge on any atom is 0.190 e. The van der Waals surface area contributed by atoms with Gasteiger partial charge in [-0.1, -0.05) is 36.9 Å². The largest absolute Gasteiger partial charge is 0.287 e. The van der Waals surface area contributed by atoms with Crippen molar-refractivity contribution in [3.63, 3.8) is 0 Å². The summed E-state index contributed by atoms with van der Waals surface area (Å²) in [6.45, 7) is 3.89. The zero-order chi connectivity index (χ0) is 11.8. The van der Waals surface area contributed by atoms with E-state index in [1.165, 1.54) is 29.7 Å². The zero-order valence-electron chi connectivity index (χ0n) is 9.81. The molecule has 1 aliphatic heterocycles. The van der Waals surface area contributed by atoms with Gasteiger partial charge in [-0.25, -0.2) is 0 Å². The number of hydrogen-bond acceptors (Lipinski definition) is 3. The first kappa shape index (κ1) is 13.7. The van der Waals surface area contributed by atoms with Crippen LogP contribution in [-0.4, -0.2) is 16.6 Å². The first-order valence-corrected chi connectivity index (χ1v) is 7.47. The van der Waals surface area contributed by atoms with E-state index in [-0.39, 0.29) is 5.12 Å². The molecule has 1 fully saturated rings. The third-order valence-electron chi connectivity index (χ3n) is 2.16. The minimum absolute atomic E-state index is 0.131. The van der Waals surface area contributed by atoms with Crippen molar-refractivity contribution in [2.75, 3.05) is 11.5 Å². The van der Waals surface area contributed by atoms with Crippen LogP contribution in [0.1, 0.15) is 20.3 Å². The highest BCUT2D eigenvalue weighted by atomic mass is 32.2. The van der Waals surface area contributed by atoms with Gasteiger partial charge < -0.3 is 0 Å². The summed E-state index contributed by atoms with van der Waals surface area (Å²) in [5, 5.41) is 0.131. The highest BCUT2D eigenvalue weighted by Crippen LogP contribution is 2.21. The van der Waals surface area contributed by atoms with E-state index in [1.54, 1.807) is 6.92 Å². The Bertz CT molecular complexity index is 305. The van der Waals surface area contributed by atoms with E-state index >= 15 is 0 Å². The smallest absolute Gasteiger partial charge is 0.190 e. The van der Waals surface area contributed by atoms with Crippen LogP contribution >= 0.6 is 23.5 Å². The SMILES string of the molecule is CC(=O)Sc1ccccc1.CC1CCSC1. The Morgan fingerprint density at radius 2 is 2.06 bits per heavy atom. The number of thioether (sulfide) groups is 2. The first-order chi connectivity index (χ1) is 7.68. The second-order valence-corrected chi connectivity index (χ2v) is 6.28. The summed E-state index contributed by atoms with van der Waals surface area (Å²) >= 11 is 3.34. The maximum atomic E-state index is 10.6. The second kappa shape index (κ2) is 7.80. The van der Waals surface area contributed by atoms with Gasteiger partial charge in [0.15, 0.2) is 5.12 Å². The lowest BCUT2D eigenvalue weighted by molar-refractivity contribution is -0.109. The molecule has 3 heteroatoms. The monoisotopic (exact) mass is 254 g/mol. The van der Waals surface area contributed by atoms with E-state index in [0.29, 0.717) is 0 Å². The Morgan fingerprint density at radius 1 is 1.38 bits per heavy atom. The molecule has 1 atom stereocenters. The third-order valence-corrected chi connectivity index (χ3v) is 4.29. The van der Waals surface area contributed by atoms with Gasteiger partial charge >= 0.3 is 0 Å². The van der Waals surface area contributed by atoms with Gasteiger partial charge in [0.25, 0.3) is 0 Å². The molecule has 2 rings (SSSR count). The van der Waals surface area contributed by atoms with E-state index in [4.69, 9.17) is 0 Å². The second-order valence-electron chi connectivity index (χ2n) is 3.88. The van der Waals surface area contributed by atoms with Gasteiger partial charge in [0.05, 0.1) is 0 Å². The fourth-order valence-corrected chi connectivity index (χ4v) is 3.24. The lowest BCUT2D eigenvalue weighted by Gasteiger charge is -1.92. The predicted octanol–water partition coefficient (Wildman–Crippen LogP) is 4.08. The van der Waals surface area contributed by atoms with Crippen LogP contribution in [0, 0.1) is 5.92 Å². The number of benzene rings is 1. The van der Waals surface area contributed by atoms with Crippen LogP contribution in [0.15, 0.2) is 35.2 Å². The van der Waals surface area contributed by atoms with Crippen LogP contribution in [0.5, 0.6) is 0 Å². The van der Waals surface area contributed by atoms with Crippen molar-refractivity contribution in [3.8, 4) is 0 Å². The van der Waals surface area contributed by atoms with Crippen LogP contribution < -0.4 is 0 Å². The van der Waals surface area contributed by atoms with Crippen molar-refractivity contribution in [1.82, 2.24) is 0 Å². The summed E-state index contributed by atoms with van der Waals surface area (Å²) in [5.74, 6) is 3.82. The lowest BCUT2D eigenvalue weighted by Crippen LogP contribution is -1.85. The van der Waals surface area contributed by atoms with Gasteiger partial charge in [-0.3, -0.25) is 4.79 Å². The molecular formula is C13H18OS2. The molecule has 0 bridgehead atoms. The minimum Gasteiger partial charge on any atom is -0.287 e. The minimum atomic E-state index is 0.131. The molecule has 1 aromatic carbocycles. The summed E-state index contributed by atoms with van der Waals surface area (Å²) in [5.41, 5.74) is 0. The topological polar surface area (TPSA) is 17.1 Å². The fraction of sp³-hybridized carbons (Fsp3) is 0.462. The van der Waals surface area contributed by atoms with Crippen molar-refractivity contribution < 1.29 is 4.79 Å². The molecular weight excluding hydrogens is 236 g/mol. The number of hydrogen-bond donors (Lipinski definition) is 0. The fourth-order valence-electron chi connectivity index (χ4n) is 1.31. The predicted molar refractivity (Wildman–Crippen MR) is 74.1 cm³/mol. The molecule has 0 amide bonds. The summed E-state index contributed by atoms with van der Waals surface area (Å²) in [6.07, 6.45) is 1.45. The lowest BCUT2D eigenvalue weighted by atomic mass is 10.2. The molecule has 88 valence electrons. The van der Waals surface area contributed by atoms with E-state index in [1.807, 2.05) is 30.3 Å². The van der Waals surface area contributed by atoms with Crippen molar-refractivity contribution >= 4 is 28.6 Å². The van der Waals surface area contributed by atoms with Crippen LogP contribution in [0.2, 0.25) is 0 Å². The Morgan fingerprint density at radius 3 is 2.44 bits per heavy atom. The molecule has 1 nitrogen and oxygen atoms in total. The summed E-state index contributed by atoms with van der Waals surface area (Å²) in [4.78, 5) is 11.6. The third kappa shape index (κ3) is 6.23. The molecule has 0 saturated carbocycles. The van der Waals surface area contributed by atoms with Gasteiger partial charge in [-0.15, -0.1) is 0 Å². The van der Waals surface area contributed by atoms with E-state index in [2.05, 4.69) is 18.7 Å². The van der Waals surface area contributed by atoms with Crippen molar-refractivity contribution in [2.24, 2.45) is 5.92 Å². The van der Waals surface area contributed by atoms with E-state index in [9.17, 15) is 4.79 Å². The Hall–Kier alpha value is -0.410.